The second-order valence-electron chi connectivity index (χ2n) is 5.33. The average molecular weight is 273 g/mol. The lowest BCUT2D eigenvalue weighted by atomic mass is 10.0. The van der Waals surface area contributed by atoms with E-state index >= 15 is 0 Å². The Hall–Kier alpha value is -1.91. The maximum atomic E-state index is 4.02. The predicted molar refractivity (Wildman–Crippen MR) is 80.6 cm³/mol. The van der Waals surface area contributed by atoms with Crippen LogP contribution in [0.4, 0.5) is 5.95 Å². The van der Waals surface area contributed by atoms with Gasteiger partial charge in [-0.3, -0.25) is 0 Å². The Morgan fingerprint density at radius 2 is 1.95 bits per heavy atom. The van der Waals surface area contributed by atoms with E-state index in [1.165, 1.54) is 11.1 Å². The van der Waals surface area contributed by atoms with Gasteiger partial charge in [-0.05, 0) is 33.9 Å². The van der Waals surface area contributed by atoms with Crippen molar-refractivity contribution >= 4 is 5.95 Å². The molecule has 5 heteroatoms. The normalized spacial score (nSPS) is 11.0. The van der Waals surface area contributed by atoms with Crippen molar-refractivity contribution < 1.29 is 0 Å². The van der Waals surface area contributed by atoms with E-state index in [2.05, 4.69) is 65.9 Å². The molecule has 0 atom stereocenters. The highest BCUT2D eigenvalue weighted by Gasteiger charge is 2.05. The molecule has 5 nitrogen and oxygen atoms in total. The van der Waals surface area contributed by atoms with Gasteiger partial charge in [-0.25, -0.2) is 4.68 Å². The van der Waals surface area contributed by atoms with Crippen molar-refractivity contribution in [2.75, 3.05) is 5.32 Å². The summed E-state index contributed by atoms with van der Waals surface area (Å²) >= 11 is 0. The van der Waals surface area contributed by atoms with Gasteiger partial charge < -0.3 is 5.32 Å². The molecule has 1 aromatic heterocycles. The van der Waals surface area contributed by atoms with Crippen molar-refractivity contribution in [3.63, 3.8) is 0 Å². The van der Waals surface area contributed by atoms with Crippen LogP contribution in [-0.4, -0.2) is 20.2 Å². The van der Waals surface area contributed by atoms with Crippen molar-refractivity contribution in [3.8, 4) is 0 Å². The van der Waals surface area contributed by atoms with Crippen molar-refractivity contribution in [2.45, 2.75) is 52.6 Å². The molecule has 20 heavy (non-hydrogen) atoms. The summed E-state index contributed by atoms with van der Waals surface area (Å²) in [6.45, 7) is 8.17. The average Bonchev–Trinajstić information content (AvgIpc) is 2.90. The Kier molecular flexibility index (Phi) is 5.09. The first-order valence-corrected chi connectivity index (χ1v) is 7.29. The molecule has 2 aromatic rings. The summed E-state index contributed by atoms with van der Waals surface area (Å²) in [5, 5.41) is 15.0. The van der Waals surface area contributed by atoms with Crippen LogP contribution in [0.25, 0.3) is 0 Å². The lowest BCUT2D eigenvalue weighted by Gasteiger charge is -2.09. The van der Waals surface area contributed by atoms with E-state index in [4.69, 9.17) is 0 Å². The molecule has 0 bridgehead atoms. The number of nitrogens with one attached hydrogen (secondary N) is 1. The number of hydrogen-bond donors (Lipinski definition) is 1. The molecule has 0 unspecified atom stereocenters. The minimum atomic E-state index is 0.568. The van der Waals surface area contributed by atoms with Gasteiger partial charge in [0.05, 0.1) is 0 Å². The van der Waals surface area contributed by atoms with Gasteiger partial charge in [0.25, 0.3) is 0 Å². The van der Waals surface area contributed by atoms with Crippen LogP contribution in [0.5, 0.6) is 0 Å². The van der Waals surface area contributed by atoms with E-state index in [0.29, 0.717) is 5.92 Å². The van der Waals surface area contributed by atoms with Gasteiger partial charge in [0.2, 0.25) is 5.95 Å². The van der Waals surface area contributed by atoms with Gasteiger partial charge in [0, 0.05) is 13.1 Å². The van der Waals surface area contributed by atoms with Crippen LogP contribution in [-0.2, 0) is 13.1 Å². The number of unbranched alkanes of at least 4 members (excludes halogenated alkanes) is 1. The fraction of sp³-hybridized carbons (Fsp3) is 0.533. The second-order valence-corrected chi connectivity index (χ2v) is 5.33. The first kappa shape index (κ1) is 14.5. The number of aryl methyl sites for hydroxylation is 1. The zero-order valence-corrected chi connectivity index (χ0v) is 12.5. The minimum absolute atomic E-state index is 0.568. The molecule has 1 heterocycles. The third-order valence-corrected chi connectivity index (χ3v) is 3.35. The molecule has 1 N–H and O–H groups in total. The first-order chi connectivity index (χ1) is 9.70. The van der Waals surface area contributed by atoms with Gasteiger partial charge >= 0.3 is 0 Å². The minimum Gasteiger partial charge on any atom is -0.349 e. The SMILES string of the molecule is CCCCn1nnnc1NCc1ccc(C(C)C)cc1. The van der Waals surface area contributed by atoms with Gasteiger partial charge in [-0.2, -0.15) is 0 Å². The molecule has 108 valence electrons. The molecule has 0 aliphatic heterocycles. The Bertz CT molecular complexity index is 515. The number of nitrogens with zero attached hydrogens (tertiary/aromatic N) is 4. The number of hydrogen-bond acceptors (Lipinski definition) is 4. The summed E-state index contributed by atoms with van der Waals surface area (Å²) in [6.07, 6.45) is 2.22. The van der Waals surface area contributed by atoms with Crippen LogP contribution < -0.4 is 5.32 Å². The fourth-order valence-electron chi connectivity index (χ4n) is 1.99. The lowest BCUT2D eigenvalue weighted by Crippen LogP contribution is -2.09. The standard InChI is InChI=1S/C15H23N5/c1-4-5-10-20-15(17-18-19-20)16-11-13-6-8-14(9-7-13)12(2)3/h6-9,12H,4-5,10-11H2,1-3H3,(H,16,17,19). The lowest BCUT2D eigenvalue weighted by molar-refractivity contribution is 0.556. The molecular weight excluding hydrogens is 250 g/mol. The molecule has 0 spiro atoms. The molecule has 2 rings (SSSR count). The quantitative estimate of drug-likeness (QED) is 0.841. The molecule has 0 radical (unpaired) electrons. The van der Waals surface area contributed by atoms with E-state index in [1.807, 2.05) is 4.68 Å². The highest BCUT2D eigenvalue weighted by molar-refractivity contribution is 5.29. The Morgan fingerprint density at radius 1 is 1.20 bits per heavy atom. The zero-order chi connectivity index (χ0) is 14.4. The highest BCUT2D eigenvalue weighted by Crippen LogP contribution is 2.15. The van der Waals surface area contributed by atoms with Crippen molar-refractivity contribution in [2.24, 2.45) is 0 Å². The summed E-state index contributed by atoms with van der Waals surface area (Å²) in [4.78, 5) is 0. The second kappa shape index (κ2) is 7.03. The monoisotopic (exact) mass is 273 g/mol. The van der Waals surface area contributed by atoms with E-state index in [0.717, 1.165) is 31.9 Å². The largest absolute Gasteiger partial charge is 0.349 e. The number of tetrazole rings is 1. The summed E-state index contributed by atoms with van der Waals surface area (Å²) in [6, 6.07) is 8.68. The molecule has 0 saturated carbocycles. The molecule has 1 aromatic carbocycles. The number of aromatic nitrogens is 4. The summed E-state index contributed by atoms with van der Waals surface area (Å²) in [5.41, 5.74) is 2.60. The molecule has 0 saturated heterocycles. The topological polar surface area (TPSA) is 55.6 Å². The summed E-state index contributed by atoms with van der Waals surface area (Å²) in [5.74, 6) is 1.31. The van der Waals surface area contributed by atoms with Crippen LogP contribution in [0.15, 0.2) is 24.3 Å². The Morgan fingerprint density at radius 3 is 2.60 bits per heavy atom. The Labute approximate surface area is 120 Å². The maximum absolute atomic E-state index is 4.02. The predicted octanol–water partition coefficient (Wildman–Crippen LogP) is 3.21. The van der Waals surface area contributed by atoms with Gasteiger partial charge in [0.1, 0.15) is 0 Å². The first-order valence-electron chi connectivity index (χ1n) is 7.29. The van der Waals surface area contributed by atoms with Gasteiger partial charge in [-0.1, -0.05) is 56.6 Å². The van der Waals surface area contributed by atoms with Crippen LogP contribution in [0.1, 0.15) is 50.7 Å². The summed E-state index contributed by atoms with van der Waals surface area (Å²) < 4.78 is 1.83. The van der Waals surface area contributed by atoms with Crippen molar-refractivity contribution in [1.82, 2.24) is 20.2 Å². The van der Waals surface area contributed by atoms with Crippen LogP contribution >= 0.6 is 0 Å². The smallest absolute Gasteiger partial charge is 0.243 e. The van der Waals surface area contributed by atoms with E-state index in [1.54, 1.807) is 0 Å². The Balaban J connectivity index is 1.93. The molecular formula is C15H23N5. The van der Waals surface area contributed by atoms with Crippen molar-refractivity contribution in [1.29, 1.82) is 0 Å². The maximum Gasteiger partial charge on any atom is 0.243 e. The van der Waals surface area contributed by atoms with E-state index < -0.39 is 0 Å². The van der Waals surface area contributed by atoms with Crippen molar-refractivity contribution in [3.05, 3.63) is 35.4 Å². The molecule has 0 fully saturated rings. The van der Waals surface area contributed by atoms with E-state index in [-0.39, 0.29) is 0 Å². The number of rotatable bonds is 7. The zero-order valence-electron chi connectivity index (χ0n) is 12.5. The van der Waals surface area contributed by atoms with Crippen LogP contribution in [0.3, 0.4) is 0 Å². The third-order valence-electron chi connectivity index (χ3n) is 3.35. The molecule has 0 aliphatic carbocycles. The van der Waals surface area contributed by atoms with Crippen LogP contribution in [0.2, 0.25) is 0 Å². The molecule has 0 aliphatic rings. The van der Waals surface area contributed by atoms with Gasteiger partial charge in [-0.15, -0.1) is 0 Å². The highest BCUT2D eigenvalue weighted by atomic mass is 15.6. The van der Waals surface area contributed by atoms with Gasteiger partial charge in [0.15, 0.2) is 0 Å². The molecule has 0 amide bonds. The summed E-state index contributed by atoms with van der Waals surface area (Å²) in [7, 11) is 0. The number of benzene rings is 1. The van der Waals surface area contributed by atoms with Crippen LogP contribution in [0, 0.1) is 0 Å². The van der Waals surface area contributed by atoms with E-state index in [9.17, 15) is 0 Å². The number of anilines is 1. The third kappa shape index (κ3) is 3.79. The fourth-order valence-corrected chi connectivity index (χ4v) is 1.99.